The molecule has 0 atom stereocenters. The zero-order valence-corrected chi connectivity index (χ0v) is 11.2. The van der Waals surface area contributed by atoms with E-state index in [1.165, 1.54) is 0 Å². The van der Waals surface area contributed by atoms with Crippen LogP contribution in [0.1, 0.15) is 25.7 Å². The first kappa shape index (κ1) is 14.0. The molecule has 19 heavy (non-hydrogen) atoms. The minimum Gasteiger partial charge on any atom is -0.394 e. The highest BCUT2D eigenvalue weighted by Gasteiger charge is 2.35. The van der Waals surface area contributed by atoms with Gasteiger partial charge in [0, 0.05) is 29.5 Å². The number of aliphatic hydroxyl groups is 1. The molecular weight excluding hydrogens is 242 g/mol. The molecule has 5 nitrogen and oxygen atoms in total. The molecule has 1 saturated carbocycles. The van der Waals surface area contributed by atoms with Crippen LogP contribution >= 0.6 is 0 Å². The van der Waals surface area contributed by atoms with E-state index in [0.717, 1.165) is 31.4 Å². The number of aromatic nitrogens is 1. The van der Waals surface area contributed by atoms with Crippen LogP contribution in [-0.4, -0.2) is 35.2 Å². The van der Waals surface area contributed by atoms with Crippen LogP contribution in [0, 0.1) is 5.92 Å². The van der Waals surface area contributed by atoms with Crippen molar-refractivity contribution in [1.29, 1.82) is 0 Å². The third-order valence-electron chi connectivity index (χ3n) is 4.09. The smallest absolute Gasteiger partial charge is 0.227 e. The van der Waals surface area contributed by atoms with Crippen molar-refractivity contribution in [3.8, 4) is 0 Å². The molecule has 0 unspecified atom stereocenters. The van der Waals surface area contributed by atoms with Gasteiger partial charge in [0.2, 0.25) is 5.91 Å². The number of nitrogens with one attached hydrogen (secondary N) is 2. The molecule has 104 valence electrons. The Bertz CT molecular complexity index is 408. The highest BCUT2D eigenvalue weighted by molar-refractivity contribution is 5.92. The molecule has 1 aliphatic carbocycles. The van der Waals surface area contributed by atoms with Crippen molar-refractivity contribution in [3.63, 3.8) is 0 Å². The van der Waals surface area contributed by atoms with Gasteiger partial charge in [-0.15, -0.1) is 0 Å². The molecule has 0 saturated heterocycles. The van der Waals surface area contributed by atoms with E-state index in [1.807, 2.05) is 7.05 Å². The number of hydrogen-bond donors (Lipinski definition) is 3. The first-order chi connectivity index (χ1) is 9.19. The Labute approximate surface area is 113 Å². The summed E-state index contributed by atoms with van der Waals surface area (Å²) >= 11 is 0. The van der Waals surface area contributed by atoms with Gasteiger partial charge in [-0.2, -0.15) is 0 Å². The summed E-state index contributed by atoms with van der Waals surface area (Å²) in [6.07, 6.45) is 6.59. The van der Waals surface area contributed by atoms with Crippen molar-refractivity contribution in [3.05, 3.63) is 24.5 Å². The third-order valence-corrected chi connectivity index (χ3v) is 4.09. The Morgan fingerprint density at radius 1 is 1.42 bits per heavy atom. The summed E-state index contributed by atoms with van der Waals surface area (Å²) in [5.41, 5.74) is 0.584. The molecule has 1 heterocycles. The van der Waals surface area contributed by atoms with Crippen molar-refractivity contribution in [2.45, 2.75) is 31.2 Å². The van der Waals surface area contributed by atoms with Gasteiger partial charge in [0.25, 0.3) is 0 Å². The Morgan fingerprint density at radius 3 is 2.58 bits per heavy atom. The summed E-state index contributed by atoms with van der Waals surface area (Å²) in [5.74, 6) is 0.0926. The predicted molar refractivity (Wildman–Crippen MR) is 73.7 cm³/mol. The average Bonchev–Trinajstić information content (AvgIpc) is 2.48. The van der Waals surface area contributed by atoms with E-state index in [2.05, 4.69) is 15.6 Å². The summed E-state index contributed by atoms with van der Waals surface area (Å²) in [5, 5.41) is 15.5. The summed E-state index contributed by atoms with van der Waals surface area (Å²) in [6.45, 7) is 0.127. The van der Waals surface area contributed by atoms with Gasteiger partial charge in [-0.25, -0.2) is 0 Å². The number of anilines is 1. The first-order valence-corrected chi connectivity index (χ1v) is 6.70. The van der Waals surface area contributed by atoms with Crippen LogP contribution in [0.2, 0.25) is 0 Å². The van der Waals surface area contributed by atoms with Gasteiger partial charge >= 0.3 is 0 Å². The SMILES string of the molecule is CNC1(CO)CCC(C(=O)Nc2ccncc2)CC1. The highest BCUT2D eigenvalue weighted by atomic mass is 16.3. The van der Waals surface area contributed by atoms with Crippen LogP contribution in [0.4, 0.5) is 5.69 Å². The van der Waals surface area contributed by atoms with Crippen LogP contribution in [0.25, 0.3) is 0 Å². The molecule has 1 aromatic rings. The normalized spacial score (nSPS) is 26.9. The molecule has 0 radical (unpaired) electrons. The number of likely N-dealkylation sites (N-methyl/N-ethyl adjacent to an activating group) is 1. The van der Waals surface area contributed by atoms with E-state index < -0.39 is 0 Å². The number of carbonyl (C=O) groups is 1. The second kappa shape index (κ2) is 6.12. The molecule has 0 spiro atoms. The minimum atomic E-state index is -0.201. The van der Waals surface area contributed by atoms with Crippen LogP contribution in [0.3, 0.4) is 0 Å². The highest BCUT2D eigenvalue weighted by Crippen LogP contribution is 2.32. The maximum absolute atomic E-state index is 12.1. The topological polar surface area (TPSA) is 74.2 Å². The average molecular weight is 263 g/mol. The number of pyridine rings is 1. The molecule has 0 aromatic carbocycles. The van der Waals surface area contributed by atoms with E-state index in [1.54, 1.807) is 24.5 Å². The van der Waals surface area contributed by atoms with E-state index >= 15 is 0 Å². The Hall–Kier alpha value is -1.46. The summed E-state index contributed by atoms with van der Waals surface area (Å²) in [4.78, 5) is 16.1. The fourth-order valence-corrected chi connectivity index (χ4v) is 2.60. The number of nitrogens with zero attached hydrogens (tertiary/aromatic N) is 1. The summed E-state index contributed by atoms with van der Waals surface area (Å²) < 4.78 is 0. The molecule has 2 rings (SSSR count). The zero-order chi connectivity index (χ0) is 13.7. The van der Waals surface area contributed by atoms with Gasteiger partial charge < -0.3 is 15.7 Å². The van der Waals surface area contributed by atoms with E-state index in [0.29, 0.717) is 0 Å². The summed E-state index contributed by atoms with van der Waals surface area (Å²) in [7, 11) is 1.87. The lowest BCUT2D eigenvalue weighted by atomic mass is 9.76. The van der Waals surface area contributed by atoms with E-state index in [9.17, 15) is 9.90 Å². The van der Waals surface area contributed by atoms with Crippen molar-refractivity contribution < 1.29 is 9.90 Å². The standard InChI is InChI=1S/C14H21N3O2/c1-15-14(10-18)6-2-11(3-7-14)13(19)17-12-4-8-16-9-5-12/h4-5,8-9,11,15,18H,2-3,6-7,10H2,1H3,(H,16,17,19). The molecule has 0 bridgehead atoms. The minimum absolute atomic E-state index is 0.0289. The van der Waals surface area contributed by atoms with Gasteiger partial charge in [-0.05, 0) is 44.9 Å². The lowest BCUT2D eigenvalue weighted by molar-refractivity contribution is -0.121. The van der Waals surface area contributed by atoms with Gasteiger partial charge in [0.05, 0.1) is 6.61 Å². The van der Waals surface area contributed by atoms with Gasteiger partial charge in [0.1, 0.15) is 0 Å². The number of aliphatic hydroxyl groups excluding tert-OH is 1. The van der Waals surface area contributed by atoms with Crippen molar-refractivity contribution >= 4 is 11.6 Å². The maximum Gasteiger partial charge on any atom is 0.227 e. The Balaban J connectivity index is 1.89. The van der Waals surface area contributed by atoms with Gasteiger partial charge in [-0.1, -0.05) is 0 Å². The lowest BCUT2D eigenvalue weighted by Crippen LogP contribution is -2.50. The van der Waals surface area contributed by atoms with Crippen molar-refractivity contribution in [2.75, 3.05) is 19.0 Å². The fraction of sp³-hybridized carbons (Fsp3) is 0.571. The second-order valence-electron chi connectivity index (χ2n) is 5.19. The monoisotopic (exact) mass is 263 g/mol. The second-order valence-corrected chi connectivity index (χ2v) is 5.19. The first-order valence-electron chi connectivity index (χ1n) is 6.70. The predicted octanol–water partition coefficient (Wildman–Crippen LogP) is 1.16. The van der Waals surface area contributed by atoms with Gasteiger partial charge in [0.15, 0.2) is 0 Å². The maximum atomic E-state index is 12.1. The quantitative estimate of drug-likeness (QED) is 0.762. The number of rotatable bonds is 4. The van der Waals surface area contributed by atoms with Crippen LogP contribution in [-0.2, 0) is 4.79 Å². The molecule has 1 aliphatic rings. The van der Waals surface area contributed by atoms with Crippen LogP contribution in [0.15, 0.2) is 24.5 Å². The molecule has 1 aromatic heterocycles. The number of amides is 1. The number of carbonyl (C=O) groups excluding carboxylic acids is 1. The zero-order valence-electron chi connectivity index (χ0n) is 11.2. The Kier molecular flexibility index (Phi) is 4.50. The fourth-order valence-electron chi connectivity index (χ4n) is 2.60. The van der Waals surface area contributed by atoms with Crippen LogP contribution < -0.4 is 10.6 Å². The van der Waals surface area contributed by atoms with Crippen molar-refractivity contribution in [1.82, 2.24) is 10.3 Å². The summed E-state index contributed by atoms with van der Waals surface area (Å²) in [6, 6.07) is 3.57. The molecule has 3 N–H and O–H groups in total. The largest absolute Gasteiger partial charge is 0.394 e. The molecule has 5 heteroatoms. The molecule has 0 aliphatic heterocycles. The van der Waals surface area contributed by atoms with Crippen LogP contribution in [0.5, 0.6) is 0 Å². The van der Waals surface area contributed by atoms with E-state index in [-0.39, 0.29) is 24.0 Å². The third kappa shape index (κ3) is 3.30. The Morgan fingerprint density at radius 2 is 2.05 bits per heavy atom. The van der Waals surface area contributed by atoms with Gasteiger partial charge in [-0.3, -0.25) is 9.78 Å². The number of hydrogen-bond acceptors (Lipinski definition) is 4. The van der Waals surface area contributed by atoms with E-state index in [4.69, 9.17) is 0 Å². The molecule has 1 fully saturated rings. The molecular formula is C14H21N3O2. The lowest BCUT2D eigenvalue weighted by Gasteiger charge is -2.38. The molecule has 1 amide bonds. The van der Waals surface area contributed by atoms with Crippen molar-refractivity contribution in [2.24, 2.45) is 5.92 Å².